The lowest BCUT2D eigenvalue weighted by Crippen LogP contribution is -2.41. The average molecular weight is 200 g/mol. The fourth-order valence-corrected chi connectivity index (χ4v) is 1.47. The SMILES string of the molecule is CC(C)N1C(=O)NC(=O)C1CC(=O)O. The van der Waals surface area contributed by atoms with Crippen LogP contribution in [0, 0.1) is 0 Å². The molecule has 0 aromatic heterocycles. The first-order valence-corrected chi connectivity index (χ1v) is 4.28. The molecule has 0 aromatic carbocycles. The van der Waals surface area contributed by atoms with Crippen molar-refractivity contribution in [2.24, 2.45) is 0 Å². The lowest BCUT2D eigenvalue weighted by molar-refractivity contribution is -0.140. The van der Waals surface area contributed by atoms with E-state index in [0.29, 0.717) is 0 Å². The predicted molar refractivity (Wildman–Crippen MR) is 46.6 cm³/mol. The van der Waals surface area contributed by atoms with Crippen molar-refractivity contribution in [1.29, 1.82) is 0 Å². The zero-order valence-corrected chi connectivity index (χ0v) is 7.98. The highest BCUT2D eigenvalue weighted by atomic mass is 16.4. The van der Waals surface area contributed by atoms with E-state index in [4.69, 9.17) is 5.11 Å². The number of carboxylic acids is 1. The Bertz CT molecular complexity index is 287. The van der Waals surface area contributed by atoms with Gasteiger partial charge in [0.2, 0.25) is 0 Å². The fourth-order valence-electron chi connectivity index (χ4n) is 1.47. The third-order valence-corrected chi connectivity index (χ3v) is 2.03. The van der Waals surface area contributed by atoms with E-state index in [0.717, 1.165) is 0 Å². The van der Waals surface area contributed by atoms with Gasteiger partial charge in [0.05, 0.1) is 6.42 Å². The third kappa shape index (κ3) is 1.84. The molecule has 1 heterocycles. The molecule has 0 radical (unpaired) electrons. The average Bonchev–Trinajstić information content (AvgIpc) is 2.25. The zero-order valence-electron chi connectivity index (χ0n) is 7.98. The van der Waals surface area contributed by atoms with Crippen LogP contribution in [0.15, 0.2) is 0 Å². The van der Waals surface area contributed by atoms with Gasteiger partial charge in [-0.2, -0.15) is 0 Å². The van der Waals surface area contributed by atoms with Gasteiger partial charge >= 0.3 is 12.0 Å². The molecular formula is C8H12N2O4. The molecule has 0 aliphatic carbocycles. The van der Waals surface area contributed by atoms with Gasteiger partial charge in [-0.15, -0.1) is 0 Å². The topological polar surface area (TPSA) is 86.7 Å². The number of aliphatic carboxylic acids is 1. The minimum atomic E-state index is -1.09. The first kappa shape index (κ1) is 10.5. The maximum atomic E-state index is 11.2. The molecule has 1 aliphatic heterocycles. The second kappa shape index (κ2) is 3.65. The fraction of sp³-hybridized carbons (Fsp3) is 0.625. The molecule has 14 heavy (non-hydrogen) atoms. The van der Waals surface area contributed by atoms with Gasteiger partial charge in [0.15, 0.2) is 0 Å². The number of imide groups is 1. The smallest absolute Gasteiger partial charge is 0.325 e. The van der Waals surface area contributed by atoms with E-state index in [1.54, 1.807) is 13.8 Å². The van der Waals surface area contributed by atoms with Crippen LogP contribution in [0.4, 0.5) is 4.79 Å². The van der Waals surface area contributed by atoms with Gasteiger partial charge in [0.1, 0.15) is 6.04 Å². The van der Waals surface area contributed by atoms with Crippen LogP contribution in [-0.2, 0) is 9.59 Å². The first-order chi connectivity index (χ1) is 6.43. The number of amides is 3. The van der Waals surface area contributed by atoms with Crippen molar-refractivity contribution < 1.29 is 19.5 Å². The Morgan fingerprint density at radius 3 is 2.57 bits per heavy atom. The van der Waals surface area contributed by atoms with Crippen LogP contribution in [0.2, 0.25) is 0 Å². The van der Waals surface area contributed by atoms with Crippen molar-refractivity contribution in [3.63, 3.8) is 0 Å². The molecule has 0 bridgehead atoms. The molecule has 0 aromatic rings. The van der Waals surface area contributed by atoms with E-state index in [1.807, 2.05) is 0 Å². The third-order valence-electron chi connectivity index (χ3n) is 2.03. The number of hydrogen-bond acceptors (Lipinski definition) is 3. The second-order valence-corrected chi connectivity index (χ2v) is 3.41. The molecule has 6 heteroatoms. The number of carbonyl (C=O) groups excluding carboxylic acids is 2. The Balaban J connectivity index is 2.83. The van der Waals surface area contributed by atoms with Gasteiger partial charge in [-0.25, -0.2) is 4.79 Å². The molecule has 1 aliphatic rings. The molecule has 2 N–H and O–H groups in total. The standard InChI is InChI=1S/C8H12N2O4/c1-4(2)10-5(3-6(11)12)7(13)9-8(10)14/h4-5H,3H2,1-2H3,(H,11,12)(H,9,13,14). The molecular weight excluding hydrogens is 188 g/mol. The van der Waals surface area contributed by atoms with Crippen LogP contribution in [0.3, 0.4) is 0 Å². The minimum absolute atomic E-state index is 0.189. The maximum absolute atomic E-state index is 11.2. The minimum Gasteiger partial charge on any atom is -0.481 e. The summed E-state index contributed by atoms with van der Waals surface area (Å²) in [6.07, 6.45) is -0.351. The Morgan fingerprint density at radius 2 is 2.14 bits per heavy atom. The Morgan fingerprint density at radius 1 is 1.57 bits per heavy atom. The molecule has 6 nitrogen and oxygen atoms in total. The summed E-state index contributed by atoms with van der Waals surface area (Å²) in [5.41, 5.74) is 0. The Labute approximate surface area is 80.9 Å². The van der Waals surface area contributed by atoms with E-state index in [-0.39, 0.29) is 12.5 Å². The maximum Gasteiger partial charge on any atom is 0.325 e. The van der Waals surface area contributed by atoms with E-state index in [1.165, 1.54) is 4.90 Å². The predicted octanol–water partition coefficient (Wildman–Crippen LogP) is -0.210. The number of hydrogen-bond donors (Lipinski definition) is 2. The monoisotopic (exact) mass is 200 g/mol. The Kier molecular flexibility index (Phi) is 2.73. The highest BCUT2D eigenvalue weighted by Gasteiger charge is 2.40. The van der Waals surface area contributed by atoms with Crippen LogP contribution in [-0.4, -0.2) is 40.0 Å². The number of rotatable bonds is 3. The van der Waals surface area contributed by atoms with E-state index < -0.39 is 23.9 Å². The van der Waals surface area contributed by atoms with Gasteiger partial charge in [-0.05, 0) is 13.8 Å². The van der Waals surface area contributed by atoms with Crippen LogP contribution >= 0.6 is 0 Å². The normalized spacial score (nSPS) is 21.6. The highest BCUT2D eigenvalue weighted by molar-refractivity contribution is 6.05. The molecule has 3 amide bonds. The van der Waals surface area contributed by atoms with E-state index in [9.17, 15) is 14.4 Å². The van der Waals surface area contributed by atoms with Crippen LogP contribution < -0.4 is 5.32 Å². The largest absolute Gasteiger partial charge is 0.481 e. The lowest BCUT2D eigenvalue weighted by Gasteiger charge is -2.24. The van der Waals surface area contributed by atoms with Gasteiger partial charge in [0.25, 0.3) is 5.91 Å². The molecule has 0 saturated carbocycles. The van der Waals surface area contributed by atoms with Gasteiger partial charge in [-0.3, -0.25) is 14.9 Å². The molecule has 1 unspecified atom stereocenters. The summed E-state index contributed by atoms with van der Waals surface area (Å²) in [7, 11) is 0. The van der Waals surface area contributed by atoms with Crippen LogP contribution in [0.1, 0.15) is 20.3 Å². The first-order valence-electron chi connectivity index (χ1n) is 4.28. The summed E-state index contributed by atoms with van der Waals surface area (Å²) < 4.78 is 0. The molecule has 1 rings (SSSR count). The van der Waals surface area contributed by atoms with Crippen molar-refractivity contribution >= 4 is 17.9 Å². The van der Waals surface area contributed by atoms with Crippen molar-refractivity contribution in [1.82, 2.24) is 10.2 Å². The van der Waals surface area contributed by atoms with E-state index in [2.05, 4.69) is 5.32 Å². The van der Waals surface area contributed by atoms with Gasteiger partial charge in [0, 0.05) is 6.04 Å². The molecule has 1 atom stereocenters. The summed E-state index contributed by atoms with van der Waals surface area (Å²) in [6.45, 7) is 3.46. The van der Waals surface area contributed by atoms with Crippen molar-refractivity contribution in [2.45, 2.75) is 32.4 Å². The molecule has 78 valence electrons. The zero-order chi connectivity index (χ0) is 10.9. The summed E-state index contributed by atoms with van der Waals surface area (Å²) in [6, 6.07) is -1.58. The van der Waals surface area contributed by atoms with Crippen molar-refractivity contribution in [2.75, 3.05) is 0 Å². The van der Waals surface area contributed by atoms with Gasteiger partial charge in [-0.1, -0.05) is 0 Å². The molecule has 1 saturated heterocycles. The lowest BCUT2D eigenvalue weighted by atomic mass is 10.1. The number of nitrogens with zero attached hydrogens (tertiary/aromatic N) is 1. The van der Waals surface area contributed by atoms with Gasteiger partial charge < -0.3 is 10.0 Å². The summed E-state index contributed by atoms with van der Waals surface area (Å²) in [5, 5.41) is 10.6. The summed E-state index contributed by atoms with van der Waals surface area (Å²) >= 11 is 0. The van der Waals surface area contributed by atoms with Crippen molar-refractivity contribution in [3.05, 3.63) is 0 Å². The number of urea groups is 1. The summed E-state index contributed by atoms with van der Waals surface area (Å²) in [4.78, 5) is 34.1. The number of nitrogens with one attached hydrogen (secondary N) is 1. The number of carbonyl (C=O) groups is 3. The molecule has 0 spiro atoms. The quantitative estimate of drug-likeness (QED) is 0.617. The highest BCUT2D eigenvalue weighted by Crippen LogP contribution is 2.15. The van der Waals surface area contributed by atoms with Crippen LogP contribution in [0.25, 0.3) is 0 Å². The van der Waals surface area contributed by atoms with Crippen molar-refractivity contribution in [3.8, 4) is 0 Å². The molecule has 1 fully saturated rings. The second-order valence-electron chi connectivity index (χ2n) is 3.41. The number of carboxylic acid groups (broad SMARTS) is 1. The van der Waals surface area contributed by atoms with E-state index >= 15 is 0 Å². The summed E-state index contributed by atoms with van der Waals surface area (Å²) in [5.74, 6) is -1.63. The Hall–Kier alpha value is -1.59. The van der Waals surface area contributed by atoms with Crippen LogP contribution in [0.5, 0.6) is 0 Å².